The molecule has 0 aliphatic carbocycles. The predicted octanol–water partition coefficient (Wildman–Crippen LogP) is 1.85. The molecule has 0 saturated carbocycles. The summed E-state index contributed by atoms with van der Waals surface area (Å²) < 4.78 is 2.16. The molecule has 0 spiro atoms. The maximum absolute atomic E-state index is 4.81. The summed E-state index contributed by atoms with van der Waals surface area (Å²) in [6.07, 6.45) is 4.55. The van der Waals surface area contributed by atoms with Gasteiger partial charge in [-0.15, -0.1) is 0 Å². The van der Waals surface area contributed by atoms with Gasteiger partial charge in [0.2, 0.25) is 5.95 Å². The molecule has 0 amide bonds. The molecule has 0 radical (unpaired) electrons. The van der Waals surface area contributed by atoms with Crippen LogP contribution < -0.4 is 5.32 Å². The minimum Gasteiger partial charge on any atom is -0.348 e. The first-order valence-electron chi connectivity index (χ1n) is 7.43. The van der Waals surface area contributed by atoms with Crippen LogP contribution in [0.2, 0.25) is 0 Å². The van der Waals surface area contributed by atoms with E-state index in [1.54, 1.807) is 12.4 Å². The first kappa shape index (κ1) is 14.0. The van der Waals surface area contributed by atoms with E-state index in [0.29, 0.717) is 18.5 Å². The van der Waals surface area contributed by atoms with Crippen molar-refractivity contribution in [3.63, 3.8) is 0 Å². The Morgan fingerprint density at radius 2 is 2.05 bits per heavy atom. The molecule has 1 aliphatic rings. The van der Waals surface area contributed by atoms with Crippen molar-refractivity contribution < 1.29 is 0 Å². The van der Waals surface area contributed by atoms with Crippen LogP contribution in [0.1, 0.15) is 36.8 Å². The van der Waals surface area contributed by atoms with Gasteiger partial charge in [0.1, 0.15) is 0 Å². The van der Waals surface area contributed by atoms with E-state index in [1.165, 1.54) is 11.3 Å². The molecule has 0 aromatic carbocycles. The van der Waals surface area contributed by atoms with Gasteiger partial charge in [0.25, 0.3) is 0 Å². The van der Waals surface area contributed by atoms with Gasteiger partial charge in [-0.05, 0) is 33.4 Å². The highest BCUT2D eigenvalue weighted by Gasteiger charge is 2.23. The van der Waals surface area contributed by atoms with Crippen LogP contribution in [0.15, 0.2) is 18.5 Å². The Hall–Kier alpha value is -1.95. The molecule has 0 bridgehead atoms. The van der Waals surface area contributed by atoms with Gasteiger partial charge in [-0.25, -0.2) is 9.97 Å². The van der Waals surface area contributed by atoms with Crippen molar-refractivity contribution in [1.29, 1.82) is 0 Å². The Labute approximate surface area is 125 Å². The fourth-order valence-electron chi connectivity index (χ4n) is 2.77. The highest BCUT2D eigenvalue weighted by molar-refractivity contribution is 5.33. The van der Waals surface area contributed by atoms with Crippen LogP contribution >= 0.6 is 0 Å². The molecule has 0 saturated heterocycles. The lowest BCUT2D eigenvalue weighted by Crippen LogP contribution is -2.28. The van der Waals surface area contributed by atoms with Crippen molar-refractivity contribution in [3.8, 4) is 0 Å². The third kappa shape index (κ3) is 2.90. The van der Waals surface area contributed by atoms with Crippen LogP contribution in [0.25, 0.3) is 0 Å². The SMILES string of the molecule is CC(C)n1nc(CNc2ncccn2)c2c1CN(C)CC2. The van der Waals surface area contributed by atoms with Crippen LogP contribution in [-0.4, -0.2) is 38.2 Å². The molecule has 0 atom stereocenters. The molecular formula is C15H22N6. The first-order valence-corrected chi connectivity index (χ1v) is 7.43. The van der Waals surface area contributed by atoms with Crippen molar-refractivity contribution in [2.45, 2.75) is 39.4 Å². The number of rotatable bonds is 4. The van der Waals surface area contributed by atoms with E-state index >= 15 is 0 Å². The normalized spacial score (nSPS) is 15.2. The predicted molar refractivity (Wildman–Crippen MR) is 82.0 cm³/mol. The molecule has 6 heteroatoms. The standard InChI is InChI=1S/C15H22N6/c1-11(2)21-14-10-20(3)8-5-12(14)13(19-21)9-18-15-16-6-4-7-17-15/h4,6-7,11H,5,8-10H2,1-3H3,(H,16,17,18). The van der Waals surface area contributed by atoms with Crippen LogP contribution in [0.4, 0.5) is 5.95 Å². The molecule has 6 nitrogen and oxygen atoms in total. The molecule has 1 aliphatic heterocycles. The largest absolute Gasteiger partial charge is 0.348 e. The van der Waals surface area contributed by atoms with Gasteiger partial charge >= 0.3 is 0 Å². The number of fused-ring (bicyclic) bond motifs is 1. The molecule has 21 heavy (non-hydrogen) atoms. The van der Waals surface area contributed by atoms with Crippen molar-refractivity contribution in [3.05, 3.63) is 35.4 Å². The summed E-state index contributed by atoms with van der Waals surface area (Å²) in [6.45, 7) is 7.10. The lowest BCUT2D eigenvalue weighted by molar-refractivity contribution is 0.296. The minimum atomic E-state index is 0.381. The highest BCUT2D eigenvalue weighted by atomic mass is 15.3. The van der Waals surface area contributed by atoms with Gasteiger partial charge in [-0.3, -0.25) is 4.68 Å². The zero-order chi connectivity index (χ0) is 14.8. The monoisotopic (exact) mass is 286 g/mol. The Morgan fingerprint density at radius 1 is 1.29 bits per heavy atom. The average molecular weight is 286 g/mol. The number of hydrogen-bond acceptors (Lipinski definition) is 5. The third-order valence-corrected chi connectivity index (χ3v) is 3.83. The van der Waals surface area contributed by atoms with E-state index < -0.39 is 0 Å². The van der Waals surface area contributed by atoms with Crippen molar-refractivity contribution >= 4 is 5.95 Å². The van der Waals surface area contributed by atoms with E-state index in [4.69, 9.17) is 5.10 Å². The molecule has 112 valence electrons. The van der Waals surface area contributed by atoms with Gasteiger partial charge in [0, 0.05) is 37.1 Å². The summed E-state index contributed by atoms with van der Waals surface area (Å²) in [6, 6.07) is 2.20. The van der Waals surface area contributed by atoms with E-state index in [0.717, 1.165) is 25.2 Å². The topological polar surface area (TPSA) is 58.9 Å². The van der Waals surface area contributed by atoms with Crippen molar-refractivity contribution in [2.75, 3.05) is 18.9 Å². The van der Waals surface area contributed by atoms with E-state index in [-0.39, 0.29) is 0 Å². The fraction of sp³-hybridized carbons (Fsp3) is 0.533. The molecular weight excluding hydrogens is 264 g/mol. The summed E-state index contributed by atoms with van der Waals surface area (Å²) >= 11 is 0. The Balaban J connectivity index is 1.84. The number of nitrogens with zero attached hydrogens (tertiary/aromatic N) is 5. The smallest absolute Gasteiger partial charge is 0.222 e. The van der Waals surface area contributed by atoms with Crippen LogP contribution in [-0.2, 0) is 19.5 Å². The summed E-state index contributed by atoms with van der Waals surface area (Å²) in [4.78, 5) is 10.7. The first-order chi connectivity index (χ1) is 10.1. The number of hydrogen-bond donors (Lipinski definition) is 1. The highest BCUT2D eigenvalue weighted by Crippen LogP contribution is 2.24. The molecule has 2 aromatic heterocycles. The lowest BCUT2D eigenvalue weighted by Gasteiger charge is -2.24. The molecule has 3 rings (SSSR count). The van der Waals surface area contributed by atoms with E-state index in [9.17, 15) is 0 Å². The Morgan fingerprint density at radius 3 is 2.76 bits per heavy atom. The second kappa shape index (κ2) is 5.81. The molecule has 0 fully saturated rings. The number of likely N-dealkylation sites (N-methyl/N-ethyl adjacent to an activating group) is 1. The number of anilines is 1. The average Bonchev–Trinajstić information content (AvgIpc) is 2.84. The summed E-state index contributed by atoms with van der Waals surface area (Å²) in [7, 11) is 2.16. The zero-order valence-electron chi connectivity index (χ0n) is 12.9. The summed E-state index contributed by atoms with van der Waals surface area (Å²) in [5.41, 5.74) is 3.87. The quantitative estimate of drug-likeness (QED) is 0.929. The van der Waals surface area contributed by atoms with Gasteiger partial charge in [0.15, 0.2) is 0 Å². The van der Waals surface area contributed by atoms with E-state index in [1.807, 2.05) is 6.07 Å². The summed E-state index contributed by atoms with van der Waals surface area (Å²) in [5.74, 6) is 0.651. The number of nitrogens with one attached hydrogen (secondary N) is 1. The summed E-state index contributed by atoms with van der Waals surface area (Å²) in [5, 5.41) is 8.08. The molecule has 3 heterocycles. The van der Waals surface area contributed by atoms with E-state index in [2.05, 4.69) is 45.8 Å². The maximum Gasteiger partial charge on any atom is 0.222 e. The molecule has 2 aromatic rings. The lowest BCUT2D eigenvalue weighted by atomic mass is 10.0. The minimum absolute atomic E-state index is 0.381. The number of aromatic nitrogens is 4. The van der Waals surface area contributed by atoms with Gasteiger partial charge in [0.05, 0.1) is 17.9 Å². The van der Waals surface area contributed by atoms with Gasteiger partial charge < -0.3 is 10.2 Å². The zero-order valence-corrected chi connectivity index (χ0v) is 12.9. The third-order valence-electron chi connectivity index (χ3n) is 3.83. The Bertz CT molecular complexity index is 604. The van der Waals surface area contributed by atoms with Crippen molar-refractivity contribution in [2.24, 2.45) is 0 Å². The fourth-order valence-corrected chi connectivity index (χ4v) is 2.77. The van der Waals surface area contributed by atoms with Crippen LogP contribution in [0, 0.1) is 0 Å². The molecule has 1 N–H and O–H groups in total. The van der Waals surface area contributed by atoms with Gasteiger partial charge in [-0.1, -0.05) is 0 Å². The Kier molecular flexibility index (Phi) is 3.88. The van der Waals surface area contributed by atoms with Crippen molar-refractivity contribution in [1.82, 2.24) is 24.6 Å². The second-order valence-corrected chi connectivity index (χ2v) is 5.82. The van der Waals surface area contributed by atoms with Crippen LogP contribution in [0.3, 0.4) is 0 Å². The second-order valence-electron chi connectivity index (χ2n) is 5.82. The maximum atomic E-state index is 4.81. The van der Waals surface area contributed by atoms with Crippen LogP contribution in [0.5, 0.6) is 0 Å². The van der Waals surface area contributed by atoms with Gasteiger partial charge in [-0.2, -0.15) is 5.10 Å². The molecule has 0 unspecified atom stereocenters.